The normalized spacial score (nSPS) is 9.88. The van der Waals surface area contributed by atoms with Crippen LogP contribution in [0.15, 0.2) is 49.6 Å². The zero-order valence-electron chi connectivity index (χ0n) is 10.1. The first-order valence-corrected chi connectivity index (χ1v) is 5.73. The van der Waals surface area contributed by atoms with Crippen molar-refractivity contribution in [2.24, 2.45) is 0 Å². The molecule has 2 heteroatoms. The molecular formula is C15H18N2. The Kier molecular flexibility index (Phi) is 5.77. The molecule has 0 aliphatic heterocycles. The highest BCUT2D eigenvalue weighted by molar-refractivity contribution is 5.32. The van der Waals surface area contributed by atoms with Crippen molar-refractivity contribution in [3.63, 3.8) is 0 Å². The van der Waals surface area contributed by atoms with Gasteiger partial charge in [-0.15, -0.1) is 13.2 Å². The first-order valence-electron chi connectivity index (χ1n) is 5.73. The van der Waals surface area contributed by atoms with E-state index in [4.69, 9.17) is 5.26 Å². The minimum Gasteiger partial charge on any atom is -0.296 e. The fraction of sp³-hybridized carbons (Fsp3) is 0.267. The highest BCUT2D eigenvalue weighted by Crippen LogP contribution is 2.06. The first-order chi connectivity index (χ1) is 8.30. The minimum absolute atomic E-state index is 0.724. The Hall–Kier alpha value is -1.85. The van der Waals surface area contributed by atoms with E-state index in [9.17, 15) is 0 Å². The number of rotatable bonds is 7. The van der Waals surface area contributed by atoms with E-state index in [2.05, 4.69) is 30.2 Å². The molecule has 0 N–H and O–H groups in total. The van der Waals surface area contributed by atoms with E-state index in [0.29, 0.717) is 0 Å². The van der Waals surface area contributed by atoms with Crippen molar-refractivity contribution in [2.75, 3.05) is 19.6 Å². The smallest absolute Gasteiger partial charge is 0.0991 e. The van der Waals surface area contributed by atoms with Crippen LogP contribution in [0.2, 0.25) is 0 Å². The van der Waals surface area contributed by atoms with E-state index >= 15 is 0 Å². The van der Waals surface area contributed by atoms with Crippen LogP contribution in [0.4, 0.5) is 0 Å². The van der Waals surface area contributed by atoms with Crippen molar-refractivity contribution < 1.29 is 0 Å². The van der Waals surface area contributed by atoms with Gasteiger partial charge in [0.05, 0.1) is 11.6 Å². The van der Waals surface area contributed by atoms with Gasteiger partial charge >= 0.3 is 0 Å². The molecule has 0 aliphatic carbocycles. The molecule has 0 aliphatic rings. The van der Waals surface area contributed by atoms with Crippen LogP contribution in [-0.2, 0) is 6.42 Å². The highest BCUT2D eigenvalue weighted by atomic mass is 15.1. The van der Waals surface area contributed by atoms with Gasteiger partial charge in [0.2, 0.25) is 0 Å². The van der Waals surface area contributed by atoms with Crippen LogP contribution in [0.3, 0.4) is 0 Å². The molecule has 0 saturated carbocycles. The number of benzene rings is 1. The molecule has 0 aromatic heterocycles. The maximum Gasteiger partial charge on any atom is 0.0991 e. The summed E-state index contributed by atoms with van der Waals surface area (Å²) < 4.78 is 0. The van der Waals surface area contributed by atoms with Crippen LogP contribution in [0.1, 0.15) is 11.1 Å². The van der Waals surface area contributed by atoms with E-state index in [1.807, 2.05) is 30.4 Å². The summed E-state index contributed by atoms with van der Waals surface area (Å²) in [5.74, 6) is 0. The Balaban J connectivity index is 2.55. The zero-order valence-corrected chi connectivity index (χ0v) is 10.1. The average Bonchev–Trinajstić information content (AvgIpc) is 2.37. The van der Waals surface area contributed by atoms with Gasteiger partial charge in [-0.3, -0.25) is 4.90 Å². The number of nitrogens with zero attached hydrogens (tertiary/aromatic N) is 2. The van der Waals surface area contributed by atoms with Gasteiger partial charge in [0.25, 0.3) is 0 Å². The second-order valence-corrected chi connectivity index (χ2v) is 3.90. The molecule has 0 radical (unpaired) electrons. The Morgan fingerprint density at radius 2 is 1.94 bits per heavy atom. The van der Waals surface area contributed by atoms with E-state index < -0.39 is 0 Å². The van der Waals surface area contributed by atoms with Crippen molar-refractivity contribution in [1.82, 2.24) is 4.90 Å². The maximum atomic E-state index is 8.82. The van der Waals surface area contributed by atoms with Crippen LogP contribution in [0.25, 0.3) is 0 Å². The van der Waals surface area contributed by atoms with Gasteiger partial charge in [0, 0.05) is 19.6 Å². The molecule has 1 aromatic rings. The van der Waals surface area contributed by atoms with Crippen LogP contribution >= 0.6 is 0 Å². The van der Waals surface area contributed by atoms with Gasteiger partial charge in [-0.25, -0.2) is 0 Å². The molecule has 0 atom stereocenters. The SMILES string of the molecule is C=CCN(CC=C)CCc1cccc(C#N)c1. The summed E-state index contributed by atoms with van der Waals surface area (Å²) in [6.45, 7) is 10.2. The van der Waals surface area contributed by atoms with Gasteiger partial charge in [0.1, 0.15) is 0 Å². The van der Waals surface area contributed by atoms with Crippen molar-refractivity contribution >= 4 is 0 Å². The molecule has 0 heterocycles. The van der Waals surface area contributed by atoms with E-state index in [-0.39, 0.29) is 0 Å². The molecule has 0 bridgehead atoms. The van der Waals surface area contributed by atoms with Gasteiger partial charge in [-0.1, -0.05) is 24.3 Å². The average molecular weight is 226 g/mol. The predicted molar refractivity (Wildman–Crippen MR) is 71.7 cm³/mol. The minimum atomic E-state index is 0.724. The lowest BCUT2D eigenvalue weighted by molar-refractivity contribution is 0.340. The van der Waals surface area contributed by atoms with Crippen molar-refractivity contribution in [3.05, 3.63) is 60.7 Å². The summed E-state index contributed by atoms with van der Waals surface area (Å²) in [4.78, 5) is 2.26. The van der Waals surface area contributed by atoms with E-state index in [1.165, 1.54) is 5.56 Å². The lowest BCUT2D eigenvalue weighted by atomic mass is 10.1. The number of hydrogen-bond acceptors (Lipinski definition) is 2. The summed E-state index contributed by atoms with van der Waals surface area (Å²) in [7, 11) is 0. The van der Waals surface area contributed by atoms with Crippen LogP contribution in [0.5, 0.6) is 0 Å². The Labute approximate surface area is 103 Å². The lowest BCUT2D eigenvalue weighted by Gasteiger charge is -2.18. The topological polar surface area (TPSA) is 27.0 Å². The fourth-order valence-electron chi connectivity index (χ4n) is 1.71. The Morgan fingerprint density at radius 3 is 2.53 bits per heavy atom. The maximum absolute atomic E-state index is 8.82. The third-order valence-corrected chi connectivity index (χ3v) is 2.55. The summed E-state index contributed by atoms with van der Waals surface area (Å²) >= 11 is 0. The molecule has 1 aromatic carbocycles. The Bertz CT molecular complexity index is 405. The molecule has 17 heavy (non-hydrogen) atoms. The Morgan fingerprint density at radius 1 is 1.24 bits per heavy atom. The summed E-state index contributed by atoms with van der Waals surface area (Å²) in [6.07, 6.45) is 4.74. The number of hydrogen-bond donors (Lipinski definition) is 0. The van der Waals surface area contributed by atoms with Crippen molar-refractivity contribution in [1.29, 1.82) is 5.26 Å². The quantitative estimate of drug-likeness (QED) is 0.668. The van der Waals surface area contributed by atoms with Crippen LogP contribution in [0, 0.1) is 11.3 Å². The lowest BCUT2D eigenvalue weighted by Crippen LogP contribution is -2.26. The number of nitriles is 1. The largest absolute Gasteiger partial charge is 0.296 e. The van der Waals surface area contributed by atoms with Crippen molar-refractivity contribution in [2.45, 2.75) is 6.42 Å². The van der Waals surface area contributed by atoms with E-state index in [0.717, 1.165) is 31.6 Å². The standard InChI is InChI=1S/C15H18N2/c1-3-9-17(10-4-2)11-8-14-6-5-7-15(12-14)13-16/h3-7,12H,1-2,8-11H2. The molecule has 88 valence electrons. The van der Waals surface area contributed by atoms with Gasteiger partial charge in [0.15, 0.2) is 0 Å². The van der Waals surface area contributed by atoms with Gasteiger partial charge in [-0.05, 0) is 24.1 Å². The highest BCUT2D eigenvalue weighted by Gasteiger charge is 2.01. The molecule has 0 spiro atoms. The molecule has 0 saturated heterocycles. The second-order valence-electron chi connectivity index (χ2n) is 3.90. The van der Waals surface area contributed by atoms with Crippen molar-refractivity contribution in [3.8, 4) is 6.07 Å². The fourth-order valence-corrected chi connectivity index (χ4v) is 1.71. The first kappa shape index (κ1) is 13.2. The summed E-state index contributed by atoms with van der Waals surface area (Å²) in [5, 5.41) is 8.82. The monoisotopic (exact) mass is 226 g/mol. The van der Waals surface area contributed by atoms with Gasteiger partial charge in [-0.2, -0.15) is 5.26 Å². The summed E-state index contributed by atoms with van der Waals surface area (Å²) in [5.41, 5.74) is 1.92. The predicted octanol–water partition coefficient (Wildman–Crippen LogP) is 2.77. The molecule has 2 nitrogen and oxygen atoms in total. The van der Waals surface area contributed by atoms with E-state index in [1.54, 1.807) is 0 Å². The van der Waals surface area contributed by atoms with Gasteiger partial charge < -0.3 is 0 Å². The molecular weight excluding hydrogens is 208 g/mol. The third kappa shape index (κ3) is 4.67. The molecule has 1 rings (SSSR count). The van der Waals surface area contributed by atoms with Crippen LogP contribution < -0.4 is 0 Å². The van der Waals surface area contributed by atoms with Crippen LogP contribution in [-0.4, -0.2) is 24.5 Å². The second kappa shape index (κ2) is 7.43. The third-order valence-electron chi connectivity index (χ3n) is 2.55. The molecule has 0 amide bonds. The molecule has 0 fully saturated rings. The molecule has 0 unspecified atom stereocenters. The summed E-state index contributed by atoms with van der Waals surface area (Å²) in [6, 6.07) is 9.92. The zero-order chi connectivity index (χ0) is 12.5.